The van der Waals surface area contributed by atoms with Gasteiger partial charge in [-0.3, -0.25) is 0 Å². The number of ether oxygens (including phenoxy) is 3. The van der Waals surface area contributed by atoms with Crippen LogP contribution in [0.2, 0.25) is 0 Å². The average Bonchev–Trinajstić information content (AvgIpc) is 2.28. The highest BCUT2D eigenvalue weighted by molar-refractivity contribution is 4.95. The molecule has 15 heavy (non-hydrogen) atoms. The van der Waals surface area contributed by atoms with E-state index in [4.69, 9.17) is 19.3 Å². The van der Waals surface area contributed by atoms with Gasteiger partial charge in [0.1, 0.15) is 17.8 Å². The van der Waals surface area contributed by atoms with Crippen LogP contribution in [0, 0.1) is 0 Å². The van der Waals surface area contributed by atoms with Gasteiger partial charge < -0.3 is 29.5 Å². The number of hydrogen-bond acceptors (Lipinski definition) is 6. The predicted octanol–water partition coefficient (Wildman–Crippen LogP) is -1.52. The van der Waals surface area contributed by atoms with Crippen molar-refractivity contribution in [3.8, 4) is 0 Å². The highest BCUT2D eigenvalue weighted by atomic mass is 16.7. The molecule has 1 saturated heterocycles. The van der Waals surface area contributed by atoms with E-state index in [-0.39, 0.29) is 19.6 Å². The van der Waals surface area contributed by atoms with E-state index in [1.54, 1.807) is 0 Å². The largest absolute Gasteiger partial charge is 0.394 e. The Hall–Kier alpha value is -0.240. The van der Waals surface area contributed by atoms with E-state index in [1.807, 2.05) is 0 Å². The second kappa shape index (κ2) is 5.20. The average molecular weight is 222 g/mol. The minimum absolute atomic E-state index is 0.156. The van der Waals surface area contributed by atoms with E-state index in [1.165, 1.54) is 14.2 Å². The topological polar surface area (TPSA) is 88.4 Å². The van der Waals surface area contributed by atoms with Crippen LogP contribution in [-0.4, -0.2) is 66.9 Å². The highest BCUT2D eigenvalue weighted by Gasteiger charge is 2.48. The molecule has 1 rings (SSSR count). The second-order valence-corrected chi connectivity index (χ2v) is 3.61. The maximum Gasteiger partial charge on any atom is 0.183 e. The van der Waals surface area contributed by atoms with Crippen molar-refractivity contribution in [2.45, 2.75) is 30.5 Å². The third-order valence-electron chi connectivity index (χ3n) is 2.83. The third kappa shape index (κ3) is 2.30. The molecular formula is C9H18O6. The first-order valence-electron chi connectivity index (χ1n) is 4.76. The fourth-order valence-corrected chi connectivity index (χ4v) is 1.83. The molecule has 6 heteroatoms. The van der Waals surface area contributed by atoms with Crippen LogP contribution in [0.4, 0.5) is 0 Å². The fourth-order valence-electron chi connectivity index (χ4n) is 1.83. The summed E-state index contributed by atoms with van der Waals surface area (Å²) in [5.74, 6) is 0. The number of aliphatic hydroxyl groups is 3. The van der Waals surface area contributed by atoms with Gasteiger partial charge in [-0.25, -0.2) is 0 Å². The van der Waals surface area contributed by atoms with Crippen molar-refractivity contribution < 1.29 is 29.5 Å². The molecule has 0 radical (unpaired) electrons. The molecule has 1 aliphatic rings. The molecule has 3 N–H and O–H groups in total. The zero-order valence-electron chi connectivity index (χ0n) is 8.92. The lowest BCUT2D eigenvalue weighted by molar-refractivity contribution is -0.301. The number of methoxy groups -OCH3 is 2. The van der Waals surface area contributed by atoms with Gasteiger partial charge in [0.2, 0.25) is 0 Å². The van der Waals surface area contributed by atoms with Gasteiger partial charge in [0.15, 0.2) is 6.29 Å². The van der Waals surface area contributed by atoms with Gasteiger partial charge in [0.05, 0.1) is 13.2 Å². The molecule has 0 aromatic rings. The van der Waals surface area contributed by atoms with Crippen LogP contribution in [0.1, 0.15) is 6.42 Å². The van der Waals surface area contributed by atoms with Crippen molar-refractivity contribution in [3.05, 3.63) is 0 Å². The molecule has 0 bridgehead atoms. The van der Waals surface area contributed by atoms with Crippen LogP contribution in [0.15, 0.2) is 0 Å². The monoisotopic (exact) mass is 222 g/mol. The van der Waals surface area contributed by atoms with Crippen molar-refractivity contribution in [1.29, 1.82) is 0 Å². The number of aliphatic hydroxyl groups excluding tert-OH is 3. The van der Waals surface area contributed by atoms with Crippen LogP contribution >= 0.6 is 0 Å². The van der Waals surface area contributed by atoms with Crippen molar-refractivity contribution >= 4 is 0 Å². The summed E-state index contributed by atoms with van der Waals surface area (Å²) < 4.78 is 15.3. The zero-order chi connectivity index (χ0) is 11.5. The number of hydrogen-bond donors (Lipinski definition) is 3. The van der Waals surface area contributed by atoms with Crippen LogP contribution in [0.5, 0.6) is 0 Å². The summed E-state index contributed by atoms with van der Waals surface area (Å²) in [4.78, 5) is 0. The molecule has 6 nitrogen and oxygen atoms in total. The van der Waals surface area contributed by atoms with E-state index < -0.39 is 24.1 Å². The smallest absolute Gasteiger partial charge is 0.183 e. The standard InChI is InChI=1S/C9H18O6/c1-13-8-6(12)3-9(5-11,14-2)7(4-10)15-8/h6-8,10-12H,3-5H2,1-2H3/t6?,7?,8-,9?/m1/s1. The molecule has 0 aliphatic carbocycles. The summed E-state index contributed by atoms with van der Waals surface area (Å²) in [6.07, 6.45) is -2.23. The molecule has 4 atom stereocenters. The molecule has 0 amide bonds. The SMILES string of the molecule is CO[C@@H]1OC(CO)C(CO)(OC)CC1O. The van der Waals surface area contributed by atoms with Crippen LogP contribution in [0.3, 0.4) is 0 Å². The van der Waals surface area contributed by atoms with Gasteiger partial charge in [-0.15, -0.1) is 0 Å². The molecule has 1 aliphatic heterocycles. The molecule has 0 saturated carbocycles. The fraction of sp³-hybridized carbons (Fsp3) is 1.00. The van der Waals surface area contributed by atoms with E-state index in [0.717, 1.165) is 0 Å². The van der Waals surface area contributed by atoms with E-state index >= 15 is 0 Å². The summed E-state index contributed by atoms with van der Waals surface area (Å²) in [5, 5.41) is 28.0. The van der Waals surface area contributed by atoms with Crippen LogP contribution in [0.25, 0.3) is 0 Å². The summed E-state index contributed by atoms with van der Waals surface area (Å²) in [6, 6.07) is 0. The Labute approximate surface area is 88.4 Å². The Kier molecular flexibility index (Phi) is 4.45. The van der Waals surface area contributed by atoms with Gasteiger partial charge in [-0.1, -0.05) is 0 Å². The van der Waals surface area contributed by atoms with Gasteiger partial charge in [0.25, 0.3) is 0 Å². The van der Waals surface area contributed by atoms with E-state index in [9.17, 15) is 10.2 Å². The zero-order valence-corrected chi connectivity index (χ0v) is 8.92. The Morgan fingerprint density at radius 3 is 2.47 bits per heavy atom. The normalized spacial score (nSPS) is 41.8. The Morgan fingerprint density at radius 2 is 2.07 bits per heavy atom. The molecule has 0 aromatic carbocycles. The van der Waals surface area contributed by atoms with E-state index in [0.29, 0.717) is 0 Å². The highest BCUT2D eigenvalue weighted by Crippen LogP contribution is 2.32. The van der Waals surface area contributed by atoms with Crippen molar-refractivity contribution in [2.75, 3.05) is 27.4 Å². The van der Waals surface area contributed by atoms with Gasteiger partial charge >= 0.3 is 0 Å². The Bertz CT molecular complexity index is 193. The van der Waals surface area contributed by atoms with Crippen molar-refractivity contribution in [2.24, 2.45) is 0 Å². The number of rotatable bonds is 4. The lowest BCUT2D eigenvalue weighted by Gasteiger charge is -2.45. The van der Waals surface area contributed by atoms with Crippen LogP contribution in [-0.2, 0) is 14.2 Å². The lowest BCUT2D eigenvalue weighted by Crippen LogP contribution is -2.60. The lowest BCUT2D eigenvalue weighted by atomic mass is 9.87. The molecule has 0 aromatic heterocycles. The first-order valence-corrected chi connectivity index (χ1v) is 4.76. The first kappa shape index (κ1) is 12.8. The minimum atomic E-state index is -1.07. The minimum Gasteiger partial charge on any atom is -0.394 e. The molecule has 1 heterocycles. The van der Waals surface area contributed by atoms with Crippen molar-refractivity contribution in [1.82, 2.24) is 0 Å². The summed E-state index contributed by atoms with van der Waals surface area (Å²) in [6.45, 7) is -0.636. The molecular weight excluding hydrogens is 204 g/mol. The molecule has 90 valence electrons. The summed E-state index contributed by atoms with van der Waals surface area (Å²) >= 11 is 0. The molecule has 1 fully saturated rings. The second-order valence-electron chi connectivity index (χ2n) is 3.61. The van der Waals surface area contributed by atoms with E-state index in [2.05, 4.69) is 0 Å². The van der Waals surface area contributed by atoms with Crippen molar-refractivity contribution in [3.63, 3.8) is 0 Å². The molecule has 3 unspecified atom stereocenters. The van der Waals surface area contributed by atoms with Gasteiger partial charge in [0, 0.05) is 20.6 Å². The quantitative estimate of drug-likeness (QED) is 0.535. The maximum absolute atomic E-state index is 9.66. The summed E-state index contributed by atoms with van der Waals surface area (Å²) in [5.41, 5.74) is -1.07. The Morgan fingerprint density at radius 1 is 1.40 bits per heavy atom. The first-order chi connectivity index (χ1) is 7.13. The van der Waals surface area contributed by atoms with Gasteiger partial charge in [-0.05, 0) is 0 Å². The third-order valence-corrected chi connectivity index (χ3v) is 2.83. The van der Waals surface area contributed by atoms with Gasteiger partial charge in [-0.2, -0.15) is 0 Å². The molecule has 0 spiro atoms. The Balaban J connectivity index is 2.80. The summed E-state index contributed by atoms with van der Waals surface area (Å²) in [7, 11) is 2.81. The van der Waals surface area contributed by atoms with Crippen LogP contribution < -0.4 is 0 Å². The maximum atomic E-state index is 9.66. The predicted molar refractivity (Wildman–Crippen MR) is 50.2 cm³/mol.